The second-order valence-electron chi connectivity index (χ2n) is 5.85. The van der Waals surface area contributed by atoms with Gasteiger partial charge in [-0.3, -0.25) is 9.69 Å². The van der Waals surface area contributed by atoms with Gasteiger partial charge in [-0.2, -0.15) is 0 Å². The molecule has 1 saturated heterocycles. The Labute approximate surface area is 110 Å². The van der Waals surface area contributed by atoms with Crippen LogP contribution in [0.15, 0.2) is 0 Å². The van der Waals surface area contributed by atoms with Crippen LogP contribution >= 0.6 is 0 Å². The van der Waals surface area contributed by atoms with Crippen LogP contribution in [0.25, 0.3) is 0 Å². The average molecular weight is 253 g/mol. The molecule has 0 aromatic carbocycles. The molecule has 2 fully saturated rings. The third-order valence-corrected chi connectivity index (χ3v) is 4.40. The van der Waals surface area contributed by atoms with E-state index in [2.05, 4.69) is 22.5 Å². The zero-order valence-corrected chi connectivity index (χ0v) is 11.6. The fourth-order valence-corrected chi connectivity index (χ4v) is 3.09. The summed E-state index contributed by atoms with van der Waals surface area (Å²) in [5, 5.41) is 6.48. The molecule has 18 heavy (non-hydrogen) atoms. The van der Waals surface area contributed by atoms with Gasteiger partial charge < -0.3 is 10.6 Å². The highest BCUT2D eigenvalue weighted by atomic mass is 16.2. The Morgan fingerprint density at radius 2 is 2.17 bits per heavy atom. The Kier molecular flexibility index (Phi) is 5.45. The molecule has 2 unspecified atom stereocenters. The summed E-state index contributed by atoms with van der Waals surface area (Å²) in [7, 11) is 0. The summed E-state index contributed by atoms with van der Waals surface area (Å²) in [5.74, 6) is 1.70. The molecular formula is C14H27N3O. The van der Waals surface area contributed by atoms with Gasteiger partial charge in [0.15, 0.2) is 0 Å². The van der Waals surface area contributed by atoms with Crippen LogP contribution in [-0.2, 0) is 4.79 Å². The summed E-state index contributed by atoms with van der Waals surface area (Å²) in [6.07, 6.45) is 5.10. The number of hydrogen-bond donors (Lipinski definition) is 2. The molecule has 1 aliphatic heterocycles. The SMILES string of the molecule is CC1CCCC1CNC(=O)CN1CCCNCC1. The Bertz CT molecular complexity index is 262. The monoisotopic (exact) mass is 253 g/mol. The van der Waals surface area contributed by atoms with Crippen molar-refractivity contribution >= 4 is 5.91 Å². The van der Waals surface area contributed by atoms with E-state index >= 15 is 0 Å². The van der Waals surface area contributed by atoms with Crippen molar-refractivity contribution in [1.82, 2.24) is 15.5 Å². The molecule has 0 aromatic heterocycles. The first-order valence-electron chi connectivity index (χ1n) is 7.45. The van der Waals surface area contributed by atoms with Crippen LogP contribution in [0, 0.1) is 11.8 Å². The first-order valence-corrected chi connectivity index (χ1v) is 7.45. The molecule has 2 aliphatic rings. The highest BCUT2D eigenvalue weighted by molar-refractivity contribution is 5.78. The van der Waals surface area contributed by atoms with E-state index in [0.29, 0.717) is 12.5 Å². The van der Waals surface area contributed by atoms with E-state index in [1.54, 1.807) is 0 Å². The molecule has 2 atom stereocenters. The highest BCUT2D eigenvalue weighted by Crippen LogP contribution is 2.30. The summed E-state index contributed by atoms with van der Waals surface area (Å²) < 4.78 is 0. The van der Waals surface area contributed by atoms with Gasteiger partial charge in [0, 0.05) is 19.6 Å². The second-order valence-corrected chi connectivity index (χ2v) is 5.85. The molecule has 104 valence electrons. The minimum absolute atomic E-state index is 0.205. The molecule has 1 saturated carbocycles. The van der Waals surface area contributed by atoms with Crippen LogP contribution in [0.5, 0.6) is 0 Å². The van der Waals surface area contributed by atoms with Crippen LogP contribution in [-0.4, -0.2) is 50.1 Å². The Balaban J connectivity index is 1.64. The molecule has 2 N–H and O–H groups in total. The fraction of sp³-hybridized carbons (Fsp3) is 0.929. The molecule has 0 bridgehead atoms. The average Bonchev–Trinajstić information content (AvgIpc) is 2.61. The zero-order chi connectivity index (χ0) is 12.8. The highest BCUT2D eigenvalue weighted by Gasteiger charge is 2.23. The van der Waals surface area contributed by atoms with Crippen molar-refractivity contribution in [2.24, 2.45) is 11.8 Å². The van der Waals surface area contributed by atoms with Crippen LogP contribution in [0.4, 0.5) is 0 Å². The van der Waals surface area contributed by atoms with Crippen molar-refractivity contribution in [2.45, 2.75) is 32.6 Å². The molecule has 1 heterocycles. The Hall–Kier alpha value is -0.610. The fourth-order valence-electron chi connectivity index (χ4n) is 3.09. The molecule has 4 nitrogen and oxygen atoms in total. The molecular weight excluding hydrogens is 226 g/mol. The number of nitrogens with one attached hydrogen (secondary N) is 2. The number of nitrogens with zero attached hydrogens (tertiary/aromatic N) is 1. The van der Waals surface area contributed by atoms with Gasteiger partial charge >= 0.3 is 0 Å². The van der Waals surface area contributed by atoms with E-state index in [1.165, 1.54) is 19.3 Å². The minimum atomic E-state index is 0.205. The quantitative estimate of drug-likeness (QED) is 0.780. The number of amides is 1. The Morgan fingerprint density at radius 1 is 1.28 bits per heavy atom. The van der Waals surface area contributed by atoms with Gasteiger partial charge in [-0.1, -0.05) is 19.8 Å². The predicted molar refractivity (Wildman–Crippen MR) is 73.4 cm³/mol. The van der Waals surface area contributed by atoms with Gasteiger partial charge in [0.25, 0.3) is 0 Å². The molecule has 4 heteroatoms. The van der Waals surface area contributed by atoms with Gasteiger partial charge in [0.1, 0.15) is 0 Å². The first kappa shape index (κ1) is 13.8. The van der Waals surface area contributed by atoms with E-state index < -0.39 is 0 Å². The second kappa shape index (κ2) is 7.10. The van der Waals surface area contributed by atoms with Gasteiger partial charge in [-0.25, -0.2) is 0 Å². The molecule has 1 aliphatic carbocycles. The van der Waals surface area contributed by atoms with Gasteiger partial charge in [-0.15, -0.1) is 0 Å². The van der Waals surface area contributed by atoms with E-state index in [1.807, 2.05) is 0 Å². The van der Waals surface area contributed by atoms with Gasteiger partial charge in [0.2, 0.25) is 5.91 Å². The lowest BCUT2D eigenvalue weighted by atomic mass is 9.98. The predicted octanol–water partition coefficient (Wildman–Crippen LogP) is 0.834. The Morgan fingerprint density at radius 3 is 2.94 bits per heavy atom. The maximum atomic E-state index is 11.9. The van der Waals surface area contributed by atoms with Crippen LogP contribution in [0.1, 0.15) is 32.6 Å². The van der Waals surface area contributed by atoms with Gasteiger partial charge in [0.05, 0.1) is 6.54 Å². The summed E-state index contributed by atoms with van der Waals surface area (Å²) in [5.41, 5.74) is 0. The van der Waals surface area contributed by atoms with Crippen molar-refractivity contribution in [2.75, 3.05) is 39.3 Å². The van der Waals surface area contributed by atoms with E-state index in [4.69, 9.17) is 0 Å². The molecule has 0 spiro atoms. The zero-order valence-electron chi connectivity index (χ0n) is 11.6. The standard InChI is InChI=1S/C14H27N3O/c1-12-4-2-5-13(12)10-16-14(18)11-17-8-3-6-15-7-9-17/h12-13,15H,2-11H2,1H3,(H,16,18). The minimum Gasteiger partial charge on any atom is -0.355 e. The summed E-state index contributed by atoms with van der Waals surface area (Å²) in [6.45, 7) is 7.89. The molecule has 2 rings (SSSR count). The van der Waals surface area contributed by atoms with Crippen LogP contribution in [0.3, 0.4) is 0 Å². The van der Waals surface area contributed by atoms with Crippen LogP contribution in [0.2, 0.25) is 0 Å². The number of carbonyl (C=O) groups is 1. The number of rotatable bonds is 4. The molecule has 1 amide bonds. The maximum Gasteiger partial charge on any atom is 0.234 e. The summed E-state index contributed by atoms with van der Waals surface area (Å²) in [6, 6.07) is 0. The van der Waals surface area contributed by atoms with E-state index in [-0.39, 0.29) is 5.91 Å². The maximum absolute atomic E-state index is 11.9. The normalized spacial score (nSPS) is 30.1. The lowest BCUT2D eigenvalue weighted by Crippen LogP contribution is -2.40. The summed E-state index contributed by atoms with van der Waals surface area (Å²) >= 11 is 0. The third-order valence-electron chi connectivity index (χ3n) is 4.40. The first-order chi connectivity index (χ1) is 8.75. The topological polar surface area (TPSA) is 44.4 Å². The van der Waals surface area contributed by atoms with E-state index in [9.17, 15) is 4.79 Å². The van der Waals surface area contributed by atoms with Crippen LogP contribution < -0.4 is 10.6 Å². The van der Waals surface area contributed by atoms with Crippen molar-refractivity contribution in [1.29, 1.82) is 0 Å². The third kappa shape index (κ3) is 4.25. The lowest BCUT2D eigenvalue weighted by molar-refractivity contribution is -0.122. The van der Waals surface area contributed by atoms with E-state index in [0.717, 1.165) is 45.1 Å². The lowest BCUT2D eigenvalue weighted by Gasteiger charge is -2.20. The largest absolute Gasteiger partial charge is 0.355 e. The van der Waals surface area contributed by atoms with Crippen molar-refractivity contribution in [3.63, 3.8) is 0 Å². The summed E-state index contributed by atoms with van der Waals surface area (Å²) in [4.78, 5) is 14.2. The number of hydrogen-bond acceptors (Lipinski definition) is 3. The number of carbonyl (C=O) groups excluding carboxylic acids is 1. The van der Waals surface area contributed by atoms with Gasteiger partial charge in [-0.05, 0) is 37.8 Å². The molecule has 0 radical (unpaired) electrons. The van der Waals surface area contributed by atoms with Crippen molar-refractivity contribution in [3.8, 4) is 0 Å². The molecule has 0 aromatic rings. The smallest absolute Gasteiger partial charge is 0.234 e. The van der Waals surface area contributed by atoms with Crippen molar-refractivity contribution < 1.29 is 4.79 Å². The van der Waals surface area contributed by atoms with Crippen molar-refractivity contribution in [3.05, 3.63) is 0 Å².